The van der Waals surface area contributed by atoms with Crippen molar-refractivity contribution in [2.45, 2.75) is 13.3 Å². The van der Waals surface area contributed by atoms with Gasteiger partial charge in [0, 0.05) is 20.7 Å². The molecule has 0 radical (unpaired) electrons. The molecule has 0 saturated carbocycles. The van der Waals surface area contributed by atoms with Gasteiger partial charge < -0.3 is 10.6 Å². The van der Waals surface area contributed by atoms with Crippen molar-refractivity contribution >= 4 is 45.0 Å². The van der Waals surface area contributed by atoms with Gasteiger partial charge in [0.1, 0.15) is 5.82 Å². The Balaban J connectivity index is 1.88. The molecule has 0 aliphatic rings. The van der Waals surface area contributed by atoms with Crippen LogP contribution in [0.15, 0.2) is 40.9 Å². The number of rotatable bonds is 5. The average molecular weight is 414 g/mol. The van der Waals surface area contributed by atoms with Crippen molar-refractivity contribution in [3.05, 3.63) is 62.8 Å². The van der Waals surface area contributed by atoms with Crippen molar-refractivity contribution in [2.24, 2.45) is 0 Å². The normalized spacial score (nSPS) is 10.3. The molecule has 2 amide bonds. The molecule has 4 nitrogen and oxygen atoms in total. The lowest BCUT2D eigenvalue weighted by atomic mass is 10.1. The molecule has 0 spiro atoms. The molecule has 2 aromatic rings. The second-order valence-electron chi connectivity index (χ2n) is 5.16. The Labute approximate surface area is 152 Å². The molecule has 24 heavy (non-hydrogen) atoms. The predicted octanol–water partition coefficient (Wildman–Crippen LogP) is 3.85. The van der Waals surface area contributed by atoms with Crippen molar-refractivity contribution in [3.8, 4) is 0 Å². The van der Waals surface area contributed by atoms with Gasteiger partial charge in [-0.3, -0.25) is 9.59 Å². The van der Waals surface area contributed by atoms with E-state index >= 15 is 0 Å². The molecule has 2 rings (SSSR count). The van der Waals surface area contributed by atoms with Crippen LogP contribution in [0.1, 0.15) is 11.1 Å². The van der Waals surface area contributed by atoms with Crippen molar-refractivity contribution in [1.82, 2.24) is 5.32 Å². The van der Waals surface area contributed by atoms with E-state index in [1.807, 2.05) is 13.0 Å². The summed E-state index contributed by atoms with van der Waals surface area (Å²) in [5.74, 6) is -1.40. The number of halogens is 3. The van der Waals surface area contributed by atoms with E-state index in [0.717, 1.165) is 10.0 Å². The smallest absolute Gasteiger partial charge is 0.243 e. The van der Waals surface area contributed by atoms with E-state index in [9.17, 15) is 14.0 Å². The van der Waals surface area contributed by atoms with Crippen LogP contribution in [-0.4, -0.2) is 18.4 Å². The second kappa shape index (κ2) is 8.26. The number of aryl methyl sites for hydroxylation is 1. The van der Waals surface area contributed by atoms with E-state index in [1.165, 1.54) is 18.2 Å². The Kier molecular flexibility index (Phi) is 6.34. The summed E-state index contributed by atoms with van der Waals surface area (Å²) in [6.45, 7) is 1.65. The Morgan fingerprint density at radius 3 is 2.62 bits per heavy atom. The first-order valence-corrected chi connectivity index (χ1v) is 8.29. The molecule has 0 aliphatic heterocycles. The maximum absolute atomic E-state index is 13.6. The van der Waals surface area contributed by atoms with Gasteiger partial charge in [-0.2, -0.15) is 0 Å². The minimum atomic E-state index is -0.549. The Morgan fingerprint density at radius 2 is 1.96 bits per heavy atom. The first-order chi connectivity index (χ1) is 11.4. The number of carbonyl (C=O) groups excluding carboxylic acids is 2. The van der Waals surface area contributed by atoms with Crippen LogP contribution in [0.25, 0.3) is 0 Å². The highest BCUT2D eigenvalue weighted by molar-refractivity contribution is 9.10. The largest absolute Gasteiger partial charge is 0.347 e. The molecule has 0 aromatic heterocycles. The predicted molar refractivity (Wildman–Crippen MR) is 95.6 cm³/mol. The van der Waals surface area contributed by atoms with E-state index in [4.69, 9.17) is 11.6 Å². The standard InChI is InChI=1S/C17H15BrClFN2O2/c1-10-7-11(18)5-6-15(10)22-17(24)9-21-16(23)8-12-13(19)3-2-4-14(12)20/h2-7H,8-9H2,1H3,(H,21,23)(H,22,24). The van der Waals surface area contributed by atoms with Crippen molar-refractivity contribution in [1.29, 1.82) is 0 Å². The summed E-state index contributed by atoms with van der Waals surface area (Å²) >= 11 is 9.21. The Bertz CT molecular complexity index is 763. The number of hydrogen-bond acceptors (Lipinski definition) is 2. The van der Waals surface area contributed by atoms with Gasteiger partial charge in [-0.05, 0) is 42.8 Å². The molecule has 2 aromatic carbocycles. The maximum atomic E-state index is 13.6. The number of amides is 2. The molecular formula is C17H15BrClFN2O2. The number of nitrogens with one attached hydrogen (secondary N) is 2. The zero-order chi connectivity index (χ0) is 17.7. The quantitative estimate of drug-likeness (QED) is 0.782. The van der Waals surface area contributed by atoms with Gasteiger partial charge in [0.05, 0.1) is 13.0 Å². The van der Waals surface area contributed by atoms with Gasteiger partial charge in [-0.15, -0.1) is 0 Å². The average Bonchev–Trinajstić information content (AvgIpc) is 2.52. The molecule has 0 atom stereocenters. The molecule has 7 heteroatoms. The van der Waals surface area contributed by atoms with Crippen molar-refractivity contribution < 1.29 is 14.0 Å². The molecule has 2 N–H and O–H groups in total. The molecule has 0 bridgehead atoms. The summed E-state index contributed by atoms with van der Waals surface area (Å²) in [7, 11) is 0. The van der Waals surface area contributed by atoms with E-state index in [0.29, 0.717) is 5.69 Å². The van der Waals surface area contributed by atoms with Crippen LogP contribution in [0.3, 0.4) is 0 Å². The summed E-state index contributed by atoms with van der Waals surface area (Å²) in [6.07, 6.45) is -0.226. The zero-order valence-corrected chi connectivity index (χ0v) is 15.2. The van der Waals surface area contributed by atoms with E-state index in [2.05, 4.69) is 26.6 Å². The highest BCUT2D eigenvalue weighted by Gasteiger charge is 2.13. The summed E-state index contributed by atoms with van der Waals surface area (Å²) in [5.41, 5.74) is 1.66. The van der Waals surface area contributed by atoms with Gasteiger partial charge in [0.2, 0.25) is 11.8 Å². The third-order valence-corrected chi connectivity index (χ3v) is 4.16. The van der Waals surface area contributed by atoms with Crippen LogP contribution in [0.2, 0.25) is 5.02 Å². The Hall–Kier alpha value is -1.92. The molecule has 0 heterocycles. The minimum absolute atomic E-state index is 0.112. The van der Waals surface area contributed by atoms with Crippen LogP contribution in [0.5, 0.6) is 0 Å². The summed E-state index contributed by atoms with van der Waals surface area (Å²) in [6, 6.07) is 9.65. The third kappa shape index (κ3) is 5.04. The molecule has 0 saturated heterocycles. The fraction of sp³-hybridized carbons (Fsp3) is 0.176. The third-order valence-electron chi connectivity index (χ3n) is 3.31. The number of carbonyl (C=O) groups is 2. The van der Waals surface area contributed by atoms with Crippen LogP contribution < -0.4 is 10.6 Å². The first kappa shape index (κ1) is 18.4. The lowest BCUT2D eigenvalue weighted by Crippen LogP contribution is -2.34. The topological polar surface area (TPSA) is 58.2 Å². The Morgan fingerprint density at radius 1 is 1.21 bits per heavy atom. The number of hydrogen-bond donors (Lipinski definition) is 2. The molecule has 126 valence electrons. The highest BCUT2D eigenvalue weighted by Crippen LogP contribution is 2.20. The summed E-state index contributed by atoms with van der Waals surface area (Å²) in [4.78, 5) is 23.8. The van der Waals surface area contributed by atoms with E-state index in [-0.39, 0.29) is 29.5 Å². The molecular weight excluding hydrogens is 399 g/mol. The van der Waals surface area contributed by atoms with Crippen LogP contribution in [-0.2, 0) is 16.0 Å². The van der Waals surface area contributed by atoms with Crippen molar-refractivity contribution in [2.75, 3.05) is 11.9 Å². The second-order valence-corrected chi connectivity index (χ2v) is 6.48. The van der Waals surface area contributed by atoms with E-state index < -0.39 is 11.7 Å². The van der Waals surface area contributed by atoms with Crippen molar-refractivity contribution in [3.63, 3.8) is 0 Å². The van der Waals surface area contributed by atoms with Crippen LogP contribution in [0.4, 0.5) is 10.1 Å². The number of anilines is 1. The van der Waals surface area contributed by atoms with Gasteiger partial charge in [0.25, 0.3) is 0 Å². The molecule has 0 fully saturated rings. The van der Waals surface area contributed by atoms with E-state index in [1.54, 1.807) is 12.1 Å². The monoisotopic (exact) mass is 412 g/mol. The van der Waals surface area contributed by atoms with Crippen LogP contribution >= 0.6 is 27.5 Å². The highest BCUT2D eigenvalue weighted by atomic mass is 79.9. The summed E-state index contributed by atoms with van der Waals surface area (Å²) < 4.78 is 14.5. The maximum Gasteiger partial charge on any atom is 0.243 e. The van der Waals surface area contributed by atoms with Crippen LogP contribution in [0, 0.1) is 12.7 Å². The summed E-state index contributed by atoms with van der Waals surface area (Å²) in [5, 5.41) is 5.34. The molecule has 0 aliphatic carbocycles. The SMILES string of the molecule is Cc1cc(Br)ccc1NC(=O)CNC(=O)Cc1c(F)cccc1Cl. The zero-order valence-electron chi connectivity index (χ0n) is 12.8. The fourth-order valence-corrected chi connectivity index (χ4v) is 2.77. The molecule has 0 unspecified atom stereocenters. The van der Waals surface area contributed by atoms with Gasteiger partial charge in [0.15, 0.2) is 0 Å². The lowest BCUT2D eigenvalue weighted by molar-refractivity contribution is -0.123. The lowest BCUT2D eigenvalue weighted by Gasteiger charge is -2.10. The minimum Gasteiger partial charge on any atom is -0.347 e. The van der Waals surface area contributed by atoms with Gasteiger partial charge in [-0.1, -0.05) is 33.6 Å². The number of benzene rings is 2. The fourth-order valence-electron chi connectivity index (χ4n) is 2.06. The van der Waals surface area contributed by atoms with Gasteiger partial charge in [-0.25, -0.2) is 4.39 Å². The van der Waals surface area contributed by atoms with Gasteiger partial charge >= 0.3 is 0 Å². The first-order valence-electron chi connectivity index (χ1n) is 7.12.